The van der Waals surface area contributed by atoms with Gasteiger partial charge in [-0.2, -0.15) is 5.26 Å². The van der Waals surface area contributed by atoms with E-state index in [0.717, 1.165) is 0 Å². The van der Waals surface area contributed by atoms with Crippen LogP contribution in [-0.2, 0) is 4.79 Å². The number of nitrogens with one attached hydrogen (secondary N) is 1. The summed E-state index contributed by atoms with van der Waals surface area (Å²) in [6, 6.07) is 12.3. The summed E-state index contributed by atoms with van der Waals surface area (Å²) in [7, 11) is 0. The number of carbonyl (C=O) groups excluding carboxylic acids is 2. The first-order valence-electron chi connectivity index (χ1n) is 7.14. The molecule has 24 heavy (non-hydrogen) atoms. The van der Waals surface area contributed by atoms with Crippen LogP contribution >= 0.6 is 0 Å². The van der Waals surface area contributed by atoms with Crippen molar-refractivity contribution in [3.8, 4) is 6.07 Å². The second kappa shape index (κ2) is 5.97. The van der Waals surface area contributed by atoms with Crippen LogP contribution in [0.3, 0.4) is 0 Å². The minimum absolute atomic E-state index is 0.156. The molecule has 3 aromatic rings. The van der Waals surface area contributed by atoms with E-state index in [0.29, 0.717) is 5.52 Å². The number of nitriles is 1. The lowest BCUT2D eigenvalue weighted by Crippen LogP contribution is -2.13. The maximum atomic E-state index is 13.1. The largest absolute Gasteiger partial charge is 0.323 e. The van der Waals surface area contributed by atoms with Crippen molar-refractivity contribution in [3.05, 3.63) is 71.3 Å². The lowest BCUT2D eigenvalue weighted by molar-refractivity contribution is -0.114. The molecular formula is C18H12FN3O2. The van der Waals surface area contributed by atoms with Gasteiger partial charge in [-0.1, -0.05) is 6.07 Å². The van der Waals surface area contributed by atoms with Crippen LogP contribution in [-0.4, -0.2) is 16.1 Å². The first-order chi connectivity index (χ1) is 11.5. The Bertz CT molecular complexity index is 998. The van der Waals surface area contributed by atoms with E-state index in [-0.39, 0.29) is 22.5 Å². The van der Waals surface area contributed by atoms with Crippen LogP contribution in [0.5, 0.6) is 0 Å². The van der Waals surface area contributed by atoms with Gasteiger partial charge in [-0.15, -0.1) is 0 Å². The van der Waals surface area contributed by atoms with Crippen LogP contribution in [0.4, 0.5) is 10.1 Å². The molecular weight excluding hydrogens is 309 g/mol. The van der Waals surface area contributed by atoms with E-state index in [1.807, 2.05) is 6.07 Å². The molecule has 1 aromatic carbocycles. The number of hydrogen-bond donors (Lipinski definition) is 1. The Morgan fingerprint density at radius 3 is 2.50 bits per heavy atom. The third kappa shape index (κ3) is 2.52. The molecule has 0 aliphatic rings. The average Bonchev–Trinajstić information content (AvgIpc) is 2.87. The summed E-state index contributed by atoms with van der Waals surface area (Å²) in [5, 5.41) is 12.0. The quantitative estimate of drug-likeness (QED) is 0.753. The molecule has 0 bridgehead atoms. The fraction of sp³-hybridized carbons (Fsp3) is 0.0556. The van der Waals surface area contributed by atoms with Crippen LogP contribution in [0.15, 0.2) is 48.7 Å². The van der Waals surface area contributed by atoms with E-state index in [9.17, 15) is 19.2 Å². The number of halogens is 1. The summed E-state index contributed by atoms with van der Waals surface area (Å²) in [5.74, 6) is -1.26. The Balaban J connectivity index is 2.29. The Hall–Kier alpha value is -3.46. The zero-order chi connectivity index (χ0) is 17.3. The van der Waals surface area contributed by atoms with Gasteiger partial charge in [0.25, 0.3) is 0 Å². The van der Waals surface area contributed by atoms with Crippen LogP contribution in [0.1, 0.15) is 28.5 Å². The highest BCUT2D eigenvalue weighted by molar-refractivity contribution is 6.15. The van der Waals surface area contributed by atoms with Gasteiger partial charge in [-0.3, -0.25) is 9.59 Å². The summed E-state index contributed by atoms with van der Waals surface area (Å²) >= 11 is 0. The molecule has 0 aliphatic heterocycles. The fourth-order valence-corrected chi connectivity index (χ4v) is 2.58. The van der Waals surface area contributed by atoms with Gasteiger partial charge >= 0.3 is 0 Å². The molecule has 2 heterocycles. The van der Waals surface area contributed by atoms with Crippen LogP contribution in [0, 0.1) is 17.1 Å². The molecule has 0 unspecified atom stereocenters. The highest BCUT2D eigenvalue weighted by Crippen LogP contribution is 2.30. The molecule has 0 aliphatic carbocycles. The van der Waals surface area contributed by atoms with Crippen molar-refractivity contribution in [3.63, 3.8) is 0 Å². The molecule has 118 valence electrons. The Labute approximate surface area is 136 Å². The molecule has 0 atom stereocenters. The second-order valence-corrected chi connectivity index (χ2v) is 5.18. The number of carbonyl (C=O) groups is 2. The molecule has 0 saturated heterocycles. The van der Waals surface area contributed by atoms with Gasteiger partial charge < -0.3 is 9.72 Å². The van der Waals surface area contributed by atoms with Crippen LogP contribution in [0.2, 0.25) is 0 Å². The maximum Gasteiger partial charge on any atom is 0.221 e. The maximum absolute atomic E-state index is 13.1. The van der Waals surface area contributed by atoms with Gasteiger partial charge in [0.2, 0.25) is 11.7 Å². The SMILES string of the molecule is CC(=O)Nc1c(C#N)c2ccccn2c1C(=O)c1ccc(F)cc1. The van der Waals surface area contributed by atoms with Gasteiger partial charge in [-0.05, 0) is 36.4 Å². The highest BCUT2D eigenvalue weighted by atomic mass is 19.1. The van der Waals surface area contributed by atoms with Gasteiger partial charge in [0.15, 0.2) is 0 Å². The summed E-state index contributed by atoms with van der Waals surface area (Å²) < 4.78 is 14.7. The zero-order valence-electron chi connectivity index (χ0n) is 12.7. The Morgan fingerprint density at radius 1 is 1.17 bits per heavy atom. The minimum Gasteiger partial charge on any atom is -0.323 e. The van der Waals surface area contributed by atoms with E-state index >= 15 is 0 Å². The van der Waals surface area contributed by atoms with Crippen molar-refractivity contribution in [2.75, 3.05) is 5.32 Å². The van der Waals surface area contributed by atoms with Gasteiger partial charge in [0.05, 0.1) is 11.2 Å². The van der Waals surface area contributed by atoms with E-state index in [2.05, 4.69) is 5.32 Å². The number of aromatic nitrogens is 1. The fourth-order valence-electron chi connectivity index (χ4n) is 2.58. The third-order valence-corrected chi connectivity index (χ3v) is 3.58. The van der Waals surface area contributed by atoms with E-state index in [1.54, 1.807) is 28.8 Å². The molecule has 0 saturated carbocycles. The van der Waals surface area contributed by atoms with Crippen molar-refractivity contribution in [2.45, 2.75) is 6.92 Å². The molecule has 6 heteroatoms. The topological polar surface area (TPSA) is 74.4 Å². The first kappa shape index (κ1) is 15.4. The van der Waals surface area contributed by atoms with E-state index < -0.39 is 17.5 Å². The number of pyridine rings is 1. The van der Waals surface area contributed by atoms with Crippen molar-refractivity contribution < 1.29 is 14.0 Å². The summed E-state index contributed by atoms with van der Waals surface area (Å²) in [4.78, 5) is 24.4. The number of fused-ring (bicyclic) bond motifs is 1. The van der Waals surface area contributed by atoms with Gasteiger partial charge in [-0.25, -0.2) is 4.39 Å². The first-order valence-corrected chi connectivity index (χ1v) is 7.14. The molecule has 1 amide bonds. The predicted octanol–water partition coefficient (Wildman–Crippen LogP) is 3.14. The monoisotopic (exact) mass is 321 g/mol. The molecule has 0 fully saturated rings. The van der Waals surface area contributed by atoms with Crippen molar-refractivity contribution in [2.24, 2.45) is 0 Å². The van der Waals surface area contributed by atoms with Crippen molar-refractivity contribution >= 4 is 22.9 Å². The lowest BCUT2D eigenvalue weighted by atomic mass is 10.1. The number of rotatable bonds is 3. The second-order valence-electron chi connectivity index (χ2n) is 5.18. The molecule has 0 radical (unpaired) electrons. The molecule has 1 N–H and O–H groups in total. The molecule has 2 aromatic heterocycles. The van der Waals surface area contributed by atoms with E-state index in [4.69, 9.17) is 0 Å². The Kier molecular flexibility index (Phi) is 3.84. The number of hydrogen-bond acceptors (Lipinski definition) is 3. The Morgan fingerprint density at radius 2 is 1.88 bits per heavy atom. The summed E-state index contributed by atoms with van der Waals surface area (Å²) in [6.45, 7) is 1.30. The number of nitrogens with zero attached hydrogens (tertiary/aromatic N) is 2. The number of amides is 1. The van der Waals surface area contributed by atoms with Crippen molar-refractivity contribution in [1.29, 1.82) is 5.26 Å². The van der Waals surface area contributed by atoms with E-state index in [1.165, 1.54) is 31.2 Å². The van der Waals surface area contributed by atoms with Gasteiger partial charge in [0, 0.05) is 18.7 Å². The number of benzene rings is 1. The zero-order valence-corrected chi connectivity index (χ0v) is 12.7. The average molecular weight is 321 g/mol. The minimum atomic E-state index is -0.452. The van der Waals surface area contributed by atoms with Gasteiger partial charge in [0.1, 0.15) is 23.1 Å². The summed E-state index contributed by atoms with van der Waals surface area (Å²) in [5.41, 5.74) is 1.29. The highest BCUT2D eigenvalue weighted by Gasteiger charge is 2.24. The third-order valence-electron chi connectivity index (χ3n) is 3.58. The standard InChI is InChI=1S/C18H12FN3O2/c1-11(23)21-16-14(10-20)15-4-2-3-9-22(15)17(16)18(24)12-5-7-13(19)8-6-12/h2-9H,1H3,(H,21,23). The predicted molar refractivity (Wildman–Crippen MR) is 86.2 cm³/mol. The molecule has 5 nitrogen and oxygen atoms in total. The molecule has 0 spiro atoms. The van der Waals surface area contributed by atoms with Crippen LogP contribution in [0.25, 0.3) is 5.52 Å². The summed E-state index contributed by atoms with van der Waals surface area (Å²) in [6.07, 6.45) is 1.64. The number of anilines is 1. The smallest absolute Gasteiger partial charge is 0.221 e. The normalized spacial score (nSPS) is 10.4. The molecule has 3 rings (SSSR count). The lowest BCUT2D eigenvalue weighted by Gasteiger charge is -2.06. The van der Waals surface area contributed by atoms with Crippen molar-refractivity contribution in [1.82, 2.24) is 4.40 Å². The number of ketones is 1. The van der Waals surface area contributed by atoms with Crippen LogP contribution < -0.4 is 5.32 Å².